The molecule has 0 bridgehead atoms. The number of carbonyl (C=O) groups is 1. The summed E-state index contributed by atoms with van der Waals surface area (Å²) in [5.41, 5.74) is 7.20. The predicted octanol–water partition coefficient (Wildman–Crippen LogP) is 2.34. The lowest BCUT2D eigenvalue weighted by Crippen LogP contribution is -2.44. The molecule has 2 N–H and O–H groups in total. The van der Waals surface area contributed by atoms with Crippen molar-refractivity contribution in [3.8, 4) is 0 Å². The first-order chi connectivity index (χ1) is 8.95. The number of rotatable bonds is 2. The van der Waals surface area contributed by atoms with Crippen LogP contribution in [0.5, 0.6) is 0 Å². The Kier molecular flexibility index (Phi) is 3.90. The van der Waals surface area contributed by atoms with Crippen LogP contribution in [-0.2, 0) is 0 Å². The van der Waals surface area contributed by atoms with Gasteiger partial charge in [-0.25, -0.2) is 4.39 Å². The topological polar surface area (TPSA) is 46.3 Å². The molecule has 0 atom stereocenters. The summed E-state index contributed by atoms with van der Waals surface area (Å²) >= 11 is 0. The fraction of sp³-hybridized carbons (Fsp3) is 0.533. The van der Waals surface area contributed by atoms with Crippen LogP contribution >= 0.6 is 0 Å². The smallest absolute Gasteiger partial charge is 0.254 e. The molecule has 0 spiro atoms. The van der Waals surface area contributed by atoms with Crippen LogP contribution in [0.25, 0.3) is 0 Å². The van der Waals surface area contributed by atoms with Crippen LogP contribution in [-0.4, -0.2) is 30.4 Å². The van der Waals surface area contributed by atoms with Gasteiger partial charge in [0.1, 0.15) is 5.82 Å². The molecule has 1 amide bonds. The van der Waals surface area contributed by atoms with Crippen molar-refractivity contribution in [3.05, 3.63) is 35.1 Å². The highest BCUT2D eigenvalue weighted by atomic mass is 19.1. The van der Waals surface area contributed by atoms with Crippen molar-refractivity contribution in [1.82, 2.24) is 4.90 Å². The number of carbonyl (C=O) groups excluding carboxylic acids is 1. The second-order valence-electron chi connectivity index (χ2n) is 5.77. The second-order valence-corrected chi connectivity index (χ2v) is 5.77. The van der Waals surface area contributed by atoms with E-state index >= 15 is 0 Å². The summed E-state index contributed by atoms with van der Waals surface area (Å²) in [6, 6.07) is 4.32. The lowest BCUT2D eigenvalue weighted by molar-refractivity contribution is 0.0617. The number of likely N-dealkylation sites (tertiary alicyclic amines) is 1. The molecule has 0 saturated carbocycles. The molecule has 1 aromatic rings. The summed E-state index contributed by atoms with van der Waals surface area (Å²) in [7, 11) is 0. The SMILES string of the molecule is Cc1cc(F)ccc1C(=O)N1CCC(C)(CN)CC1. The van der Waals surface area contributed by atoms with Crippen LogP contribution in [0.2, 0.25) is 0 Å². The predicted molar refractivity (Wildman–Crippen MR) is 73.4 cm³/mol. The zero-order valence-corrected chi connectivity index (χ0v) is 11.6. The van der Waals surface area contributed by atoms with E-state index in [0.29, 0.717) is 17.7 Å². The van der Waals surface area contributed by atoms with Crippen LogP contribution in [0.3, 0.4) is 0 Å². The van der Waals surface area contributed by atoms with Gasteiger partial charge in [-0.2, -0.15) is 0 Å². The summed E-state index contributed by atoms with van der Waals surface area (Å²) in [5, 5.41) is 0. The normalized spacial score (nSPS) is 18.4. The highest BCUT2D eigenvalue weighted by Gasteiger charge is 2.31. The molecule has 1 fully saturated rings. The van der Waals surface area contributed by atoms with E-state index in [0.717, 1.165) is 25.9 Å². The van der Waals surface area contributed by atoms with E-state index in [-0.39, 0.29) is 17.1 Å². The average Bonchev–Trinajstić information content (AvgIpc) is 2.39. The largest absolute Gasteiger partial charge is 0.339 e. The number of benzene rings is 1. The summed E-state index contributed by atoms with van der Waals surface area (Å²) in [5.74, 6) is -0.306. The fourth-order valence-electron chi connectivity index (χ4n) is 2.49. The second kappa shape index (κ2) is 5.29. The van der Waals surface area contributed by atoms with Crippen molar-refractivity contribution in [2.75, 3.05) is 19.6 Å². The monoisotopic (exact) mass is 264 g/mol. The Morgan fingerprint density at radius 1 is 1.42 bits per heavy atom. The molecule has 0 aromatic heterocycles. The molecular weight excluding hydrogens is 243 g/mol. The van der Waals surface area contributed by atoms with Gasteiger partial charge >= 0.3 is 0 Å². The summed E-state index contributed by atoms with van der Waals surface area (Å²) < 4.78 is 13.1. The number of halogens is 1. The van der Waals surface area contributed by atoms with Gasteiger partial charge < -0.3 is 10.6 Å². The third kappa shape index (κ3) is 2.95. The molecule has 1 heterocycles. The molecule has 1 saturated heterocycles. The third-order valence-corrected chi connectivity index (χ3v) is 4.17. The van der Waals surface area contributed by atoms with Crippen molar-refractivity contribution in [2.24, 2.45) is 11.1 Å². The quantitative estimate of drug-likeness (QED) is 0.891. The van der Waals surface area contributed by atoms with Crippen molar-refractivity contribution >= 4 is 5.91 Å². The maximum absolute atomic E-state index is 13.1. The van der Waals surface area contributed by atoms with Crippen molar-refractivity contribution in [3.63, 3.8) is 0 Å². The van der Waals surface area contributed by atoms with E-state index in [4.69, 9.17) is 5.73 Å². The van der Waals surface area contributed by atoms with Crippen LogP contribution in [0.15, 0.2) is 18.2 Å². The molecule has 1 aliphatic rings. The van der Waals surface area contributed by atoms with E-state index < -0.39 is 0 Å². The van der Waals surface area contributed by atoms with Crippen molar-refractivity contribution in [1.29, 1.82) is 0 Å². The van der Waals surface area contributed by atoms with Gasteiger partial charge in [-0.15, -0.1) is 0 Å². The molecule has 3 nitrogen and oxygen atoms in total. The number of piperidine rings is 1. The molecule has 0 aliphatic carbocycles. The van der Waals surface area contributed by atoms with Gasteiger partial charge in [0.05, 0.1) is 0 Å². The third-order valence-electron chi connectivity index (χ3n) is 4.17. The van der Waals surface area contributed by atoms with Crippen LogP contribution in [0.1, 0.15) is 35.7 Å². The minimum atomic E-state index is -0.302. The first-order valence-electron chi connectivity index (χ1n) is 6.71. The van der Waals surface area contributed by atoms with Crippen molar-refractivity contribution < 1.29 is 9.18 Å². The Morgan fingerprint density at radius 2 is 2.05 bits per heavy atom. The number of hydrogen-bond acceptors (Lipinski definition) is 2. The van der Waals surface area contributed by atoms with Crippen LogP contribution in [0.4, 0.5) is 4.39 Å². The van der Waals surface area contributed by atoms with E-state index in [2.05, 4.69) is 6.92 Å². The van der Waals surface area contributed by atoms with Crippen LogP contribution in [0, 0.1) is 18.2 Å². The molecular formula is C15H21FN2O. The Morgan fingerprint density at radius 3 is 2.58 bits per heavy atom. The minimum absolute atomic E-state index is 0.00317. The number of nitrogens with zero attached hydrogens (tertiary/aromatic N) is 1. The zero-order valence-electron chi connectivity index (χ0n) is 11.6. The Labute approximate surface area is 113 Å². The van der Waals surface area contributed by atoms with Gasteiger partial charge in [0.2, 0.25) is 0 Å². The lowest BCUT2D eigenvalue weighted by atomic mass is 9.80. The first-order valence-corrected chi connectivity index (χ1v) is 6.71. The number of amides is 1. The standard InChI is InChI=1S/C15H21FN2O/c1-11-9-12(16)3-4-13(11)14(19)18-7-5-15(2,10-17)6-8-18/h3-4,9H,5-8,10,17H2,1-2H3. The molecule has 0 unspecified atom stereocenters. The summed E-state index contributed by atoms with van der Waals surface area (Å²) in [6.45, 7) is 6.04. The first kappa shape index (κ1) is 14.0. The Hall–Kier alpha value is -1.42. The summed E-state index contributed by atoms with van der Waals surface area (Å²) in [6.07, 6.45) is 1.85. The lowest BCUT2D eigenvalue weighted by Gasteiger charge is -2.38. The number of hydrogen-bond donors (Lipinski definition) is 1. The van der Waals surface area contributed by atoms with E-state index in [1.165, 1.54) is 12.1 Å². The van der Waals surface area contributed by atoms with Gasteiger partial charge in [0, 0.05) is 18.7 Å². The van der Waals surface area contributed by atoms with E-state index in [1.807, 2.05) is 4.90 Å². The molecule has 1 aliphatic heterocycles. The van der Waals surface area contributed by atoms with Crippen molar-refractivity contribution in [2.45, 2.75) is 26.7 Å². The minimum Gasteiger partial charge on any atom is -0.339 e. The van der Waals surface area contributed by atoms with Gasteiger partial charge in [0.15, 0.2) is 0 Å². The highest BCUT2D eigenvalue weighted by Crippen LogP contribution is 2.30. The van der Waals surface area contributed by atoms with Crippen LogP contribution < -0.4 is 5.73 Å². The van der Waals surface area contributed by atoms with Gasteiger partial charge in [0.25, 0.3) is 5.91 Å². The molecule has 0 radical (unpaired) electrons. The molecule has 4 heteroatoms. The Bertz CT molecular complexity index is 479. The van der Waals surface area contributed by atoms with Gasteiger partial charge in [-0.05, 0) is 55.5 Å². The summed E-state index contributed by atoms with van der Waals surface area (Å²) in [4.78, 5) is 14.2. The average molecular weight is 264 g/mol. The highest BCUT2D eigenvalue weighted by molar-refractivity contribution is 5.95. The molecule has 1 aromatic carbocycles. The molecule has 104 valence electrons. The maximum Gasteiger partial charge on any atom is 0.254 e. The van der Waals surface area contributed by atoms with Gasteiger partial charge in [-0.3, -0.25) is 4.79 Å². The van der Waals surface area contributed by atoms with E-state index in [9.17, 15) is 9.18 Å². The number of aryl methyl sites for hydroxylation is 1. The molecule has 19 heavy (non-hydrogen) atoms. The fourth-order valence-corrected chi connectivity index (χ4v) is 2.49. The maximum atomic E-state index is 13.1. The van der Waals surface area contributed by atoms with Gasteiger partial charge in [-0.1, -0.05) is 6.92 Å². The zero-order chi connectivity index (χ0) is 14.0. The number of nitrogens with two attached hydrogens (primary N) is 1. The van der Waals surface area contributed by atoms with E-state index in [1.54, 1.807) is 13.0 Å². The Balaban J connectivity index is 2.09. The molecule has 2 rings (SSSR count).